The zero-order chi connectivity index (χ0) is 13.2. The number of tetrazole rings is 1. The van der Waals surface area contributed by atoms with Gasteiger partial charge in [-0.3, -0.25) is 0 Å². The number of hydrogen-bond acceptors (Lipinski definition) is 4. The minimum absolute atomic E-state index is 0.295. The van der Waals surface area contributed by atoms with Crippen molar-refractivity contribution in [2.75, 3.05) is 0 Å². The van der Waals surface area contributed by atoms with Crippen LogP contribution in [0.4, 0.5) is 0 Å². The van der Waals surface area contributed by atoms with Gasteiger partial charge in [-0.05, 0) is 24.3 Å². The smallest absolute Gasteiger partial charge is 0.335 e. The van der Waals surface area contributed by atoms with E-state index in [2.05, 4.69) is 20.6 Å². The van der Waals surface area contributed by atoms with Crippen LogP contribution >= 0.6 is 0 Å². The molecule has 96 valence electrons. The fraction of sp³-hybridized carbons (Fsp3) is 0.167. The standard InChI is InChI=1S/C12H11N5O2/c18-12(19)9-1-2-10-8(7-9)3-5-17(10)6-4-11-13-15-16-14-11/h1-3,5,7H,4,6H2,(H,18,19)(H,13,14,15,16). The Labute approximate surface area is 107 Å². The molecular weight excluding hydrogens is 246 g/mol. The van der Waals surface area contributed by atoms with Gasteiger partial charge in [0.2, 0.25) is 0 Å². The normalized spacial score (nSPS) is 10.9. The molecule has 3 rings (SSSR count). The molecule has 0 fully saturated rings. The second-order valence-electron chi connectivity index (χ2n) is 4.17. The summed E-state index contributed by atoms with van der Waals surface area (Å²) >= 11 is 0. The molecule has 2 aromatic heterocycles. The van der Waals surface area contributed by atoms with Gasteiger partial charge in [-0.25, -0.2) is 4.79 Å². The average molecular weight is 257 g/mol. The first-order valence-electron chi connectivity index (χ1n) is 5.78. The van der Waals surface area contributed by atoms with Crippen LogP contribution in [-0.2, 0) is 13.0 Å². The number of aromatic amines is 1. The third-order valence-corrected chi connectivity index (χ3v) is 2.98. The first-order chi connectivity index (χ1) is 9.24. The Morgan fingerprint density at radius 2 is 2.26 bits per heavy atom. The number of aryl methyl sites for hydroxylation is 2. The molecule has 0 spiro atoms. The molecule has 0 aliphatic heterocycles. The van der Waals surface area contributed by atoms with Gasteiger partial charge in [0.1, 0.15) is 0 Å². The monoisotopic (exact) mass is 257 g/mol. The number of benzene rings is 1. The Balaban J connectivity index is 1.86. The largest absolute Gasteiger partial charge is 0.478 e. The van der Waals surface area contributed by atoms with Crippen LogP contribution in [0.15, 0.2) is 30.5 Å². The van der Waals surface area contributed by atoms with E-state index in [0.717, 1.165) is 17.4 Å². The Bertz CT molecular complexity index is 717. The Hall–Kier alpha value is -2.70. The van der Waals surface area contributed by atoms with Gasteiger partial charge < -0.3 is 9.67 Å². The van der Waals surface area contributed by atoms with Gasteiger partial charge in [0.25, 0.3) is 0 Å². The van der Waals surface area contributed by atoms with Gasteiger partial charge in [-0.15, -0.1) is 10.2 Å². The van der Waals surface area contributed by atoms with E-state index in [9.17, 15) is 4.79 Å². The number of carbonyl (C=O) groups is 1. The highest BCUT2D eigenvalue weighted by Gasteiger charge is 2.07. The predicted molar refractivity (Wildman–Crippen MR) is 66.8 cm³/mol. The summed E-state index contributed by atoms with van der Waals surface area (Å²) in [5, 5.41) is 23.6. The summed E-state index contributed by atoms with van der Waals surface area (Å²) in [5.41, 5.74) is 1.29. The van der Waals surface area contributed by atoms with Gasteiger partial charge in [0.05, 0.1) is 5.56 Å². The fourth-order valence-corrected chi connectivity index (χ4v) is 2.04. The number of aromatic nitrogens is 5. The second-order valence-corrected chi connectivity index (χ2v) is 4.17. The van der Waals surface area contributed by atoms with Crippen molar-refractivity contribution in [3.8, 4) is 0 Å². The Morgan fingerprint density at radius 3 is 3.00 bits per heavy atom. The number of nitrogens with one attached hydrogen (secondary N) is 1. The molecule has 0 saturated heterocycles. The molecule has 0 unspecified atom stereocenters. The van der Waals surface area contributed by atoms with Gasteiger partial charge in [-0.1, -0.05) is 5.21 Å². The van der Waals surface area contributed by atoms with E-state index in [1.54, 1.807) is 12.1 Å². The summed E-state index contributed by atoms with van der Waals surface area (Å²) in [6.45, 7) is 0.718. The molecular formula is C12H11N5O2. The van der Waals surface area contributed by atoms with Gasteiger partial charge in [0, 0.05) is 30.1 Å². The molecule has 2 heterocycles. The summed E-state index contributed by atoms with van der Waals surface area (Å²) in [6, 6.07) is 6.99. The van der Waals surface area contributed by atoms with Crippen LogP contribution in [0, 0.1) is 0 Å². The molecule has 0 aliphatic carbocycles. The van der Waals surface area contributed by atoms with Crippen LogP contribution in [0.2, 0.25) is 0 Å². The molecule has 1 aromatic carbocycles. The van der Waals surface area contributed by atoms with E-state index >= 15 is 0 Å². The van der Waals surface area contributed by atoms with E-state index in [1.807, 2.05) is 22.9 Å². The number of aromatic carboxylic acids is 1. The minimum atomic E-state index is -0.915. The molecule has 0 saturated carbocycles. The van der Waals surface area contributed by atoms with Crippen LogP contribution in [0.5, 0.6) is 0 Å². The second kappa shape index (κ2) is 4.52. The number of H-pyrrole nitrogens is 1. The summed E-state index contributed by atoms with van der Waals surface area (Å²) < 4.78 is 2.04. The van der Waals surface area contributed by atoms with Crippen molar-refractivity contribution in [2.24, 2.45) is 0 Å². The van der Waals surface area contributed by atoms with Crippen molar-refractivity contribution in [1.82, 2.24) is 25.2 Å². The van der Waals surface area contributed by atoms with Crippen LogP contribution in [-0.4, -0.2) is 36.3 Å². The van der Waals surface area contributed by atoms with E-state index in [0.29, 0.717) is 17.8 Å². The average Bonchev–Trinajstić information content (AvgIpc) is 3.05. The topological polar surface area (TPSA) is 96.7 Å². The molecule has 7 nitrogen and oxygen atoms in total. The SMILES string of the molecule is O=C(O)c1ccc2c(ccn2CCc2nn[nH]n2)c1. The molecule has 3 aromatic rings. The quantitative estimate of drug-likeness (QED) is 0.729. The molecule has 0 aliphatic rings. The highest BCUT2D eigenvalue weighted by atomic mass is 16.4. The zero-order valence-corrected chi connectivity index (χ0v) is 9.95. The van der Waals surface area contributed by atoms with Crippen molar-refractivity contribution in [3.05, 3.63) is 41.9 Å². The number of carboxylic acid groups (broad SMARTS) is 1. The maximum absolute atomic E-state index is 10.9. The van der Waals surface area contributed by atoms with E-state index in [4.69, 9.17) is 5.11 Å². The van der Waals surface area contributed by atoms with Crippen LogP contribution in [0.1, 0.15) is 16.2 Å². The maximum Gasteiger partial charge on any atom is 0.335 e. The van der Waals surface area contributed by atoms with Crippen LogP contribution in [0.25, 0.3) is 10.9 Å². The number of fused-ring (bicyclic) bond motifs is 1. The molecule has 2 N–H and O–H groups in total. The third-order valence-electron chi connectivity index (χ3n) is 2.98. The Kier molecular flexibility index (Phi) is 2.71. The van der Waals surface area contributed by atoms with E-state index in [-0.39, 0.29) is 0 Å². The molecule has 7 heteroatoms. The maximum atomic E-state index is 10.9. The molecule has 0 amide bonds. The minimum Gasteiger partial charge on any atom is -0.478 e. The summed E-state index contributed by atoms with van der Waals surface area (Å²) in [6.07, 6.45) is 2.59. The lowest BCUT2D eigenvalue weighted by atomic mass is 10.1. The Morgan fingerprint density at radius 1 is 1.37 bits per heavy atom. The highest BCUT2D eigenvalue weighted by Crippen LogP contribution is 2.18. The summed E-state index contributed by atoms with van der Waals surface area (Å²) in [5.74, 6) is -0.259. The fourth-order valence-electron chi connectivity index (χ4n) is 2.04. The van der Waals surface area contributed by atoms with Crippen molar-refractivity contribution >= 4 is 16.9 Å². The molecule has 0 bridgehead atoms. The van der Waals surface area contributed by atoms with E-state index < -0.39 is 5.97 Å². The number of carboxylic acids is 1. The van der Waals surface area contributed by atoms with Crippen molar-refractivity contribution in [3.63, 3.8) is 0 Å². The summed E-state index contributed by atoms with van der Waals surface area (Å²) in [7, 11) is 0. The number of nitrogens with zero attached hydrogens (tertiary/aromatic N) is 4. The van der Waals surface area contributed by atoms with Gasteiger partial charge >= 0.3 is 5.97 Å². The molecule has 0 atom stereocenters. The highest BCUT2D eigenvalue weighted by molar-refractivity contribution is 5.93. The summed E-state index contributed by atoms with van der Waals surface area (Å²) in [4.78, 5) is 10.9. The first-order valence-corrected chi connectivity index (χ1v) is 5.78. The van der Waals surface area contributed by atoms with Crippen molar-refractivity contribution in [1.29, 1.82) is 0 Å². The van der Waals surface area contributed by atoms with Crippen LogP contribution in [0.3, 0.4) is 0 Å². The molecule has 19 heavy (non-hydrogen) atoms. The lowest BCUT2D eigenvalue weighted by molar-refractivity contribution is 0.0697. The molecule has 0 radical (unpaired) electrons. The van der Waals surface area contributed by atoms with Crippen molar-refractivity contribution in [2.45, 2.75) is 13.0 Å². The van der Waals surface area contributed by atoms with Crippen molar-refractivity contribution < 1.29 is 9.90 Å². The van der Waals surface area contributed by atoms with E-state index in [1.165, 1.54) is 0 Å². The number of rotatable bonds is 4. The first kappa shape index (κ1) is 11.4. The lowest BCUT2D eigenvalue weighted by Gasteiger charge is -2.03. The van der Waals surface area contributed by atoms with Crippen LogP contribution < -0.4 is 0 Å². The lowest BCUT2D eigenvalue weighted by Crippen LogP contribution is -2.01. The zero-order valence-electron chi connectivity index (χ0n) is 9.95. The third kappa shape index (κ3) is 2.17. The number of hydrogen-bond donors (Lipinski definition) is 2. The predicted octanol–water partition coefficient (Wildman–Crippen LogP) is 1.10. The van der Waals surface area contributed by atoms with Gasteiger partial charge in [0.15, 0.2) is 5.82 Å². The van der Waals surface area contributed by atoms with Gasteiger partial charge in [-0.2, -0.15) is 5.21 Å².